The number of nitrogens with one attached hydrogen (secondary N) is 1. The fourth-order valence-corrected chi connectivity index (χ4v) is 2.92. The smallest absolute Gasteiger partial charge is 0.409 e. The number of anilines is 2. The first kappa shape index (κ1) is 20.2. The van der Waals surface area contributed by atoms with Gasteiger partial charge >= 0.3 is 6.09 Å². The summed E-state index contributed by atoms with van der Waals surface area (Å²) in [4.78, 5) is 47.6. The molecule has 152 valence electrons. The van der Waals surface area contributed by atoms with Crippen LogP contribution in [0.15, 0.2) is 36.7 Å². The Kier molecular flexibility index (Phi) is 6.38. The molecular weight excluding hydrogens is 374 g/mol. The number of carbonyl (C=O) groups excluding carboxylic acids is 3. The largest absolute Gasteiger partial charge is 0.450 e. The summed E-state index contributed by atoms with van der Waals surface area (Å²) >= 11 is 0. The first-order chi connectivity index (χ1) is 14.0. The van der Waals surface area contributed by atoms with Crippen LogP contribution in [0.2, 0.25) is 0 Å². The third-order valence-corrected chi connectivity index (χ3v) is 4.55. The number of ketones is 1. The van der Waals surface area contributed by atoms with E-state index in [1.54, 1.807) is 42.3 Å². The SMILES string of the molecule is CCOC(=O)N1CCN(c2cnc(C(=O)Nc3ccc(C(C)=O)cc3)cn2)CC1. The van der Waals surface area contributed by atoms with Gasteiger partial charge in [0.15, 0.2) is 5.78 Å². The monoisotopic (exact) mass is 397 g/mol. The predicted octanol–water partition coefficient (Wildman–Crippen LogP) is 2.21. The number of Topliss-reactive ketones (excluding diaryl/α,β-unsaturated/α-hetero) is 1. The van der Waals surface area contributed by atoms with Crippen LogP contribution in [0.5, 0.6) is 0 Å². The molecule has 1 aliphatic rings. The number of piperazine rings is 1. The maximum absolute atomic E-state index is 12.3. The molecule has 1 aromatic heterocycles. The van der Waals surface area contributed by atoms with Gasteiger partial charge in [0, 0.05) is 37.4 Å². The molecule has 0 spiro atoms. The van der Waals surface area contributed by atoms with Crippen molar-refractivity contribution in [2.75, 3.05) is 43.0 Å². The van der Waals surface area contributed by atoms with Gasteiger partial charge < -0.3 is 19.9 Å². The lowest BCUT2D eigenvalue weighted by Crippen LogP contribution is -2.49. The Morgan fingerprint density at radius 1 is 1.03 bits per heavy atom. The molecule has 0 radical (unpaired) electrons. The van der Waals surface area contributed by atoms with Gasteiger partial charge in [-0.25, -0.2) is 14.8 Å². The zero-order chi connectivity index (χ0) is 20.8. The Labute approximate surface area is 168 Å². The second kappa shape index (κ2) is 9.13. The Morgan fingerprint density at radius 3 is 2.28 bits per heavy atom. The van der Waals surface area contributed by atoms with Crippen LogP contribution in [0, 0.1) is 0 Å². The van der Waals surface area contributed by atoms with Crippen molar-refractivity contribution in [1.82, 2.24) is 14.9 Å². The van der Waals surface area contributed by atoms with Crippen LogP contribution in [-0.4, -0.2) is 65.4 Å². The molecule has 3 rings (SSSR count). The number of hydrogen-bond acceptors (Lipinski definition) is 7. The summed E-state index contributed by atoms with van der Waals surface area (Å²) in [5, 5.41) is 2.73. The normalized spacial score (nSPS) is 13.7. The van der Waals surface area contributed by atoms with Crippen molar-refractivity contribution >= 4 is 29.3 Å². The average molecular weight is 397 g/mol. The molecule has 0 aliphatic carbocycles. The number of benzene rings is 1. The summed E-state index contributed by atoms with van der Waals surface area (Å²) < 4.78 is 5.01. The van der Waals surface area contributed by atoms with Crippen LogP contribution < -0.4 is 10.2 Å². The van der Waals surface area contributed by atoms with Gasteiger partial charge in [-0.1, -0.05) is 0 Å². The average Bonchev–Trinajstić information content (AvgIpc) is 2.74. The summed E-state index contributed by atoms with van der Waals surface area (Å²) in [5.74, 6) is 0.232. The number of rotatable bonds is 5. The van der Waals surface area contributed by atoms with Gasteiger partial charge in [-0.05, 0) is 38.1 Å². The second-order valence-electron chi connectivity index (χ2n) is 6.52. The number of nitrogens with zero attached hydrogens (tertiary/aromatic N) is 4. The van der Waals surface area contributed by atoms with Crippen LogP contribution in [0.4, 0.5) is 16.3 Å². The molecule has 2 heterocycles. The van der Waals surface area contributed by atoms with Crippen molar-refractivity contribution in [1.29, 1.82) is 0 Å². The molecule has 0 saturated carbocycles. The fourth-order valence-electron chi connectivity index (χ4n) is 2.92. The molecule has 0 atom stereocenters. The summed E-state index contributed by atoms with van der Waals surface area (Å²) in [5.41, 5.74) is 1.34. The van der Waals surface area contributed by atoms with Gasteiger partial charge in [0.2, 0.25) is 0 Å². The minimum absolute atomic E-state index is 0.0348. The Balaban J connectivity index is 1.56. The highest BCUT2D eigenvalue weighted by Gasteiger charge is 2.23. The summed E-state index contributed by atoms with van der Waals surface area (Å²) in [6.45, 7) is 5.93. The van der Waals surface area contributed by atoms with Gasteiger partial charge in [0.25, 0.3) is 5.91 Å². The molecule has 1 N–H and O–H groups in total. The molecule has 0 bridgehead atoms. The van der Waals surface area contributed by atoms with E-state index in [2.05, 4.69) is 15.3 Å². The van der Waals surface area contributed by atoms with E-state index in [9.17, 15) is 14.4 Å². The van der Waals surface area contributed by atoms with E-state index in [4.69, 9.17) is 4.74 Å². The van der Waals surface area contributed by atoms with Crippen molar-refractivity contribution in [3.63, 3.8) is 0 Å². The lowest BCUT2D eigenvalue weighted by molar-refractivity contribution is 0.101. The van der Waals surface area contributed by atoms with Gasteiger partial charge in [-0.15, -0.1) is 0 Å². The van der Waals surface area contributed by atoms with Crippen LogP contribution >= 0.6 is 0 Å². The summed E-state index contributed by atoms with van der Waals surface area (Å²) in [7, 11) is 0. The minimum Gasteiger partial charge on any atom is -0.450 e. The summed E-state index contributed by atoms with van der Waals surface area (Å²) in [6, 6.07) is 6.64. The third kappa shape index (κ3) is 5.07. The molecule has 9 heteroatoms. The highest BCUT2D eigenvalue weighted by atomic mass is 16.6. The molecule has 1 fully saturated rings. The van der Waals surface area contributed by atoms with Crippen molar-refractivity contribution in [3.8, 4) is 0 Å². The van der Waals surface area contributed by atoms with Crippen LogP contribution in [-0.2, 0) is 4.74 Å². The molecule has 1 aromatic carbocycles. The molecule has 29 heavy (non-hydrogen) atoms. The Morgan fingerprint density at radius 2 is 1.72 bits per heavy atom. The fraction of sp³-hybridized carbons (Fsp3) is 0.350. The van der Waals surface area contributed by atoms with E-state index in [0.29, 0.717) is 49.9 Å². The highest BCUT2D eigenvalue weighted by molar-refractivity contribution is 6.03. The van der Waals surface area contributed by atoms with E-state index in [1.165, 1.54) is 13.1 Å². The van der Waals surface area contributed by atoms with Crippen molar-refractivity contribution in [2.45, 2.75) is 13.8 Å². The first-order valence-electron chi connectivity index (χ1n) is 9.39. The van der Waals surface area contributed by atoms with Crippen molar-refractivity contribution in [2.24, 2.45) is 0 Å². The van der Waals surface area contributed by atoms with E-state index in [0.717, 1.165) is 0 Å². The number of ether oxygens (including phenoxy) is 1. The van der Waals surface area contributed by atoms with Gasteiger partial charge in [-0.3, -0.25) is 9.59 Å². The summed E-state index contributed by atoms with van der Waals surface area (Å²) in [6.07, 6.45) is 2.67. The minimum atomic E-state index is -0.383. The maximum Gasteiger partial charge on any atom is 0.409 e. The van der Waals surface area contributed by atoms with Crippen LogP contribution in [0.3, 0.4) is 0 Å². The van der Waals surface area contributed by atoms with Crippen LogP contribution in [0.25, 0.3) is 0 Å². The predicted molar refractivity (Wildman–Crippen MR) is 107 cm³/mol. The molecule has 1 aliphatic heterocycles. The second-order valence-corrected chi connectivity index (χ2v) is 6.52. The van der Waals surface area contributed by atoms with Gasteiger partial charge in [0.05, 0.1) is 19.0 Å². The zero-order valence-corrected chi connectivity index (χ0v) is 16.4. The number of amides is 2. The molecule has 1 saturated heterocycles. The Hall–Kier alpha value is -3.49. The number of carbonyl (C=O) groups is 3. The lowest BCUT2D eigenvalue weighted by Gasteiger charge is -2.34. The van der Waals surface area contributed by atoms with Crippen LogP contribution in [0.1, 0.15) is 34.7 Å². The van der Waals surface area contributed by atoms with E-state index in [-0.39, 0.29) is 23.5 Å². The zero-order valence-electron chi connectivity index (χ0n) is 16.4. The number of aromatic nitrogens is 2. The van der Waals surface area contributed by atoms with E-state index in [1.807, 2.05) is 4.90 Å². The maximum atomic E-state index is 12.3. The molecular formula is C20H23N5O4. The van der Waals surface area contributed by atoms with Gasteiger partial charge in [0.1, 0.15) is 11.5 Å². The topological polar surface area (TPSA) is 105 Å². The first-order valence-corrected chi connectivity index (χ1v) is 9.39. The third-order valence-electron chi connectivity index (χ3n) is 4.55. The highest BCUT2D eigenvalue weighted by Crippen LogP contribution is 2.15. The van der Waals surface area contributed by atoms with Crippen molar-refractivity contribution in [3.05, 3.63) is 47.9 Å². The number of hydrogen-bond donors (Lipinski definition) is 1. The van der Waals surface area contributed by atoms with E-state index >= 15 is 0 Å². The lowest BCUT2D eigenvalue weighted by atomic mass is 10.1. The molecule has 9 nitrogen and oxygen atoms in total. The standard InChI is InChI=1S/C20H23N5O4/c1-3-29-20(28)25-10-8-24(9-11-25)18-13-21-17(12-22-18)19(27)23-16-6-4-15(5-7-16)14(2)26/h4-7,12-13H,3,8-11H2,1-2H3,(H,23,27). The van der Waals surface area contributed by atoms with Crippen molar-refractivity contribution < 1.29 is 19.1 Å². The van der Waals surface area contributed by atoms with Gasteiger partial charge in [-0.2, -0.15) is 0 Å². The van der Waals surface area contributed by atoms with E-state index < -0.39 is 0 Å². The molecule has 2 aromatic rings. The Bertz CT molecular complexity index is 875. The molecule has 0 unspecified atom stereocenters. The quantitative estimate of drug-likeness (QED) is 0.771. The molecule has 2 amide bonds.